The Morgan fingerprint density at radius 3 is 2.52 bits per heavy atom. The summed E-state index contributed by atoms with van der Waals surface area (Å²) in [6.07, 6.45) is 3.67. The number of carbonyl (C=O) groups excluding carboxylic acids is 2. The zero-order valence-electron chi connectivity index (χ0n) is 17.9. The van der Waals surface area contributed by atoms with E-state index in [9.17, 15) is 19.5 Å². The smallest absolute Gasteiger partial charge is 0.328 e. The molecule has 2 aliphatic heterocycles. The first-order valence-corrected chi connectivity index (χ1v) is 10.8. The van der Waals surface area contributed by atoms with E-state index in [-0.39, 0.29) is 30.9 Å². The van der Waals surface area contributed by atoms with Crippen molar-refractivity contribution in [2.45, 2.75) is 63.6 Å². The van der Waals surface area contributed by atoms with Crippen molar-refractivity contribution in [3.8, 4) is 0 Å². The summed E-state index contributed by atoms with van der Waals surface area (Å²) in [5, 5.41) is 16.1. The third-order valence-corrected chi connectivity index (χ3v) is 5.75. The molecule has 172 valence electrons. The summed E-state index contributed by atoms with van der Waals surface area (Å²) in [4.78, 5) is 37.6. The van der Waals surface area contributed by atoms with Gasteiger partial charge in [0, 0.05) is 13.1 Å². The molecule has 2 heterocycles. The molecule has 0 radical (unpaired) electrons. The van der Waals surface area contributed by atoms with Gasteiger partial charge in [-0.1, -0.05) is 30.3 Å². The topological polar surface area (TPSA) is 99.2 Å². The molecule has 3 rings (SSSR count). The highest BCUT2D eigenvalue weighted by Gasteiger charge is 2.42. The van der Waals surface area contributed by atoms with Crippen LogP contribution in [0.25, 0.3) is 0 Å². The van der Waals surface area contributed by atoms with Crippen LogP contribution in [0.2, 0.25) is 0 Å². The molecule has 0 bridgehead atoms. The normalized spacial score (nSPS) is 22.6. The number of fused-ring (bicyclic) bond motifs is 1. The number of hydrogen-bond acceptors (Lipinski definition) is 6. The van der Waals surface area contributed by atoms with Crippen molar-refractivity contribution in [1.82, 2.24) is 15.3 Å². The summed E-state index contributed by atoms with van der Waals surface area (Å²) >= 11 is 0. The molecular weight excluding hydrogens is 422 g/mol. The number of esters is 1. The van der Waals surface area contributed by atoms with Crippen LogP contribution < -0.4 is 5.32 Å². The number of aliphatic carboxylic acids is 1. The van der Waals surface area contributed by atoms with Gasteiger partial charge in [-0.05, 0) is 51.0 Å². The van der Waals surface area contributed by atoms with Gasteiger partial charge in [0.05, 0.1) is 12.6 Å². The fraction of sp³-hybridized carbons (Fsp3) is 0.591. The second-order valence-corrected chi connectivity index (χ2v) is 7.82. The number of rotatable bonds is 8. The molecule has 2 fully saturated rings. The lowest BCUT2D eigenvalue weighted by atomic mass is 10.0. The summed E-state index contributed by atoms with van der Waals surface area (Å²) in [6.45, 7) is 3.34. The Morgan fingerprint density at radius 2 is 1.87 bits per heavy atom. The van der Waals surface area contributed by atoms with Crippen molar-refractivity contribution in [3.05, 3.63) is 35.9 Å². The Morgan fingerprint density at radius 1 is 1.19 bits per heavy atom. The predicted octanol–water partition coefficient (Wildman–Crippen LogP) is 2.02. The molecule has 2 saturated heterocycles. The molecule has 0 saturated carbocycles. The van der Waals surface area contributed by atoms with Crippen LogP contribution in [0.1, 0.15) is 44.6 Å². The van der Waals surface area contributed by atoms with Gasteiger partial charge in [-0.15, -0.1) is 12.4 Å². The molecule has 0 aromatic heterocycles. The second-order valence-electron chi connectivity index (χ2n) is 7.82. The maximum atomic E-state index is 13.3. The van der Waals surface area contributed by atoms with Crippen LogP contribution in [0.3, 0.4) is 0 Å². The van der Waals surface area contributed by atoms with E-state index in [0.717, 1.165) is 18.4 Å². The molecule has 2 N–H and O–H groups in total. The van der Waals surface area contributed by atoms with Gasteiger partial charge in [-0.25, -0.2) is 9.80 Å². The first-order chi connectivity index (χ1) is 14.5. The number of nitrogens with one attached hydrogen (secondary N) is 1. The number of benzene rings is 1. The summed E-state index contributed by atoms with van der Waals surface area (Å²) in [5.74, 6) is -1.64. The molecule has 0 aliphatic carbocycles. The molecule has 2 aliphatic rings. The fourth-order valence-corrected chi connectivity index (χ4v) is 4.26. The number of hydrazine groups is 1. The highest BCUT2D eigenvalue weighted by Crippen LogP contribution is 2.24. The Kier molecular flexibility index (Phi) is 9.74. The molecule has 1 aromatic carbocycles. The number of carboxylic acids is 1. The third kappa shape index (κ3) is 6.41. The van der Waals surface area contributed by atoms with E-state index in [1.165, 1.54) is 5.01 Å². The second kappa shape index (κ2) is 12.0. The van der Waals surface area contributed by atoms with Gasteiger partial charge < -0.3 is 9.84 Å². The quantitative estimate of drug-likeness (QED) is 0.581. The highest BCUT2D eigenvalue weighted by molar-refractivity contribution is 5.87. The minimum absolute atomic E-state index is 0. The van der Waals surface area contributed by atoms with Crippen LogP contribution in [0.15, 0.2) is 30.3 Å². The maximum Gasteiger partial charge on any atom is 0.328 e. The molecule has 9 heteroatoms. The van der Waals surface area contributed by atoms with Crippen LogP contribution in [0, 0.1) is 0 Å². The zero-order chi connectivity index (χ0) is 21.5. The van der Waals surface area contributed by atoms with E-state index in [1.807, 2.05) is 35.3 Å². The summed E-state index contributed by atoms with van der Waals surface area (Å²) in [5.41, 5.74) is 1.11. The number of hydrogen-bond donors (Lipinski definition) is 2. The molecule has 1 amide bonds. The van der Waals surface area contributed by atoms with E-state index in [4.69, 9.17) is 4.74 Å². The van der Waals surface area contributed by atoms with E-state index in [1.54, 1.807) is 6.92 Å². The number of aryl methyl sites for hydroxylation is 1. The van der Waals surface area contributed by atoms with Gasteiger partial charge in [0.25, 0.3) is 5.91 Å². The van der Waals surface area contributed by atoms with E-state index >= 15 is 0 Å². The van der Waals surface area contributed by atoms with Crippen molar-refractivity contribution in [2.75, 3.05) is 19.7 Å². The van der Waals surface area contributed by atoms with Crippen LogP contribution in [-0.2, 0) is 25.5 Å². The Hall–Kier alpha value is -2.16. The molecular formula is C22H32ClN3O5. The van der Waals surface area contributed by atoms with Gasteiger partial charge >= 0.3 is 11.9 Å². The Labute approximate surface area is 189 Å². The largest absolute Gasteiger partial charge is 0.480 e. The van der Waals surface area contributed by atoms with Crippen molar-refractivity contribution < 1.29 is 24.2 Å². The standard InChI is InChI=1S/C22H31N3O5.ClH/c1-2-30-22(29)18(13-12-16-8-4-3-5-9-16)23-17-10-6-14-24-15-7-11-19(21(27)28)25(24)20(17)26;/h3-5,8-9,17-19,23H,2,6-7,10-15H2,1H3,(H,27,28);1H/t17-,18-,19-;/m0./s1. The minimum Gasteiger partial charge on any atom is -0.480 e. The molecule has 8 nitrogen and oxygen atoms in total. The predicted molar refractivity (Wildman–Crippen MR) is 118 cm³/mol. The van der Waals surface area contributed by atoms with Gasteiger partial charge in [-0.3, -0.25) is 19.9 Å². The first kappa shape index (κ1) is 25.1. The molecule has 0 unspecified atom stereocenters. The van der Waals surface area contributed by atoms with Crippen LogP contribution >= 0.6 is 12.4 Å². The third-order valence-electron chi connectivity index (χ3n) is 5.75. The minimum atomic E-state index is -0.986. The summed E-state index contributed by atoms with van der Waals surface area (Å²) < 4.78 is 5.24. The lowest BCUT2D eigenvalue weighted by Gasteiger charge is -2.42. The number of nitrogens with zero attached hydrogens (tertiary/aromatic N) is 2. The number of carbonyl (C=O) groups is 3. The number of halogens is 1. The number of carboxylic acid groups (broad SMARTS) is 1. The van der Waals surface area contributed by atoms with Crippen LogP contribution in [0.5, 0.6) is 0 Å². The van der Waals surface area contributed by atoms with Gasteiger partial charge in [-0.2, -0.15) is 0 Å². The van der Waals surface area contributed by atoms with Crippen molar-refractivity contribution in [1.29, 1.82) is 0 Å². The average molecular weight is 454 g/mol. The van der Waals surface area contributed by atoms with E-state index in [0.29, 0.717) is 38.8 Å². The van der Waals surface area contributed by atoms with Crippen LogP contribution in [-0.4, -0.2) is 70.8 Å². The Balaban J connectivity index is 0.00000341. The SMILES string of the molecule is CCOC(=O)[C@H](CCc1ccccc1)N[C@H]1CCCN2CCC[C@@H](C(=O)O)N2C1=O.Cl. The highest BCUT2D eigenvalue weighted by atomic mass is 35.5. The lowest BCUT2D eigenvalue weighted by molar-refractivity contribution is -0.174. The average Bonchev–Trinajstić information content (AvgIpc) is 2.90. The fourth-order valence-electron chi connectivity index (χ4n) is 4.26. The first-order valence-electron chi connectivity index (χ1n) is 10.8. The molecule has 0 spiro atoms. The number of amides is 1. The van der Waals surface area contributed by atoms with Gasteiger partial charge in [0.2, 0.25) is 0 Å². The summed E-state index contributed by atoms with van der Waals surface area (Å²) in [6, 6.07) is 7.77. The Bertz CT molecular complexity index is 748. The van der Waals surface area contributed by atoms with Gasteiger partial charge in [0.1, 0.15) is 12.1 Å². The number of ether oxygens (including phenoxy) is 1. The van der Waals surface area contributed by atoms with Crippen LogP contribution in [0.4, 0.5) is 0 Å². The van der Waals surface area contributed by atoms with Gasteiger partial charge in [0.15, 0.2) is 0 Å². The van der Waals surface area contributed by atoms with Crippen molar-refractivity contribution in [2.24, 2.45) is 0 Å². The van der Waals surface area contributed by atoms with E-state index < -0.39 is 24.1 Å². The monoisotopic (exact) mass is 453 g/mol. The maximum absolute atomic E-state index is 13.3. The molecule has 31 heavy (non-hydrogen) atoms. The lowest BCUT2D eigenvalue weighted by Crippen LogP contribution is -2.61. The zero-order valence-corrected chi connectivity index (χ0v) is 18.7. The van der Waals surface area contributed by atoms with Crippen molar-refractivity contribution in [3.63, 3.8) is 0 Å². The molecule has 1 aromatic rings. The van der Waals surface area contributed by atoms with E-state index in [2.05, 4.69) is 5.32 Å². The summed E-state index contributed by atoms with van der Waals surface area (Å²) in [7, 11) is 0. The molecule has 3 atom stereocenters. The van der Waals surface area contributed by atoms with Crippen molar-refractivity contribution >= 4 is 30.3 Å².